The van der Waals surface area contributed by atoms with Crippen LogP contribution >= 0.6 is 27.3 Å². The van der Waals surface area contributed by atoms with Gasteiger partial charge in [0.05, 0.1) is 15.5 Å². The van der Waals surface area contributed by atoms with Crippen molar-refractivity contribution >= 4 is 38.3 Å². The van der Waals surface area contributed by atoms with Crippen LogP contribution in [0, 0.1) is 6.92 Å². The predicted octanol–water partition coefficient (Wildman–Crippen LogP) is 2.86. The van der Waals surface area contributed by atoms with E-state index in [9.17, 15) is 4.79 Å². The molecule has 0 spiro atoms. The first kappa shape index (κ1) is 11.2. The fourth-order valence-corrected chi connectivity index (χ4v) is 2.26. The molecule has 82 valence electrons. The van der Waals surface area contributed by atoms with Gasteiger partial charge in [0, 0.05) is 12.4 Å². The van der Waals surface area contributed by atoms with Gasteiger partial charge in [0.15, 0.2) is 5.13 Å². The summed E-state index contributed by atoms with van der Waals surface area (Å²) in [5, 5.41) is 3.27. The highest BCUT2D eigenvalue weighted by molar-refractivity contribution is 9.11. The first-order chi connectivity index (χ1) is 7.65. The quantitative estimate of drug-likeness (QED) is 0.927. The summed E-state index contributed by atoms with van der Waals surface area (Å²) < 4.78 is 0.880. The molecule has 1 amide bonds. The molecule has 0 fully saturated rings. The summed E-state index contributed by atoms with van der Waals surface area (Å²) in [7, 11) is 0. The predicted molar refractivity (Wildman–Crippen MR) is 66.7 cm³/mol. The molecule has 4 nitrogen and oxygen atoms in total. The number of hydrogen-bond donors (Lipinski definition) is 1. The van der Waals surface area contributed by atoms with E-state index in [0.29, 0.717) is 10.7 Å². The number of halogens is 1. The van der Waals surface area contributed by atoms with Crippen LogP contribution in [0.15, 0.2) is 28.4 Å². The topological polar surface area (TPSA) is 54.9 Å². The third-order valence-electron chi connectivity index (χ3n) is 1.84. The van der Waals surface area contributed by atoms with E-state index in [4.69, 9.17) is 0 Å². The zero-order chi connectivity index (χ0) is 11.5. The number of hydrogen-bond acceptors (Lipinski definition) is 4. The maximum Gasteiger partial charge on any atom is 0.259 e. The van der Waals surface area contributed by atoms with Crippen molar-refractivity contribution in [1.82, 2.24) is 9.97 Å². The molecule has 0 aliphatic heterocycles. The Kier molecular flexibility index (Phi) is 3.31. The van der Waals surface area contributed by atoms with Gasteiger partial charge in [0.1, 0.15) is 0 Å². The highest BCUT2D eigenvalue weighted by Gasteiger charge is 2.08. The fraction of sp³-hybridized carbons (Fsp3) is 0.100. The molecule has 0 aliphatic carbocycles. The van der Waals surface area contributed by atoms with E-state index in [-0.39, 0.29) is 5.91 Å². The number of carbonyl (C=O) groups excluding carboxylic acids is 1. The molecule has 0 radical (unpaired) electrons. The van der Waals surface area contributed by atoms with Gasteiger partial charge in [-0.25, -0.2) is 4.98 Å². The van der Waals surface area contributed by atoms with Crippen LogP contribution in [0.5, 0.6) is 0 Å². The normalized spacial score (nSPS) is 10.1. The minimum atomic E-state index is -0.196. The van der Waals surface area contributed by atoms with Crippen molar-refractivity contribution in [3.63, 3.8) is 0 Å². The number of aromatic nitrogens is 2. The van der Waals surface area contributed by atoms with E-state index in [1.807, 2.05) is 6.92 Å². The van der Waals surface area contributed by atoms with Crippen LogP contribution in [-0.4, -0.2) is 15.9 Å². The molecule has 2 aromatic heterocycles. The van der Waals surface area contributed by atoms with E-state index in [0.717, 1.165) is 9.35 Å². The Bertz CT molecular complexity index is 526. The molecule has 1 N–H and O–H groups in total. The van der Waals surface area contributed by atoms with Crippen molar-refractivity contribution < 1.29 is 4.79 Å². The van der Waals surface area contributed by atoms with E-state index in [1.165, 1.54) is 17.5 Å². The van der Waals surface area contributed by atoms with E-state index < -0.39 is 0 Å². The van der Waals surface area contributed by atoms with Crippen LogP contribution < -0.4 is 5.32 Å². The Morgan fingerprint density at radius 2 is 2.25 bits per heavy atom. The Morgan fingerprint density at radius 1 is 1.44 bits per heavy atom. The maximum absolute atomic E-state index is 11.8. The molecular weight excluding hydrogens is 290 g/mol. The molecule has 0 atom stereocenters. The Balaban J connectivity index is 2.14. The highest BCUT2D eigenvalue weighted by Crippen LogP contribution is 2.23. The number of carbonyl (C=O) groups is 1. The summed E-state index contributed by atoms with van der Waals surface area (Å²) in [4.78, 5) is 19.8. The number of nitrogens with one attached hydrogen (secondary N) is 1. The standard InChI is InChI=1S/C10H8BrN3OS/c1-6-2-7(4-12-3-6)9(15)14-10-13-5-8(11)16-10/h2-5H,1H3,(H,13,14,15). The van der Waals surface area contributed by atoms with Crippen LogP contribution in [0.4, 0.5) is 5.13 Å². The number of nitrogens with zero attached hydrogens (tertiary/aromatic N) is 2. The second-order valence-electron chi connectivity index (χ2n) is 3.17. The van der Waals surface area contributed by atoms with Gasteiger partial charge in [-0.15, -0.1) is 0 Å². The summed E-state index contributed by atoms with van der Waals surface area (Å²) in [5.41, 5.74) is 1.49. The number of amides is 1. The Labute approximate surface area is 105 Å². The lowest BCUT2D eigenvalue weighted by atomic mass is 10.2. The average molecular weight is 298 g/mol. The van der Waals surface area contributed by atoms with Crippen molar-refractivity contribution in [2.45, 2.75) is 6.92 Å². The zero-order valence-electron chi connectivity index (χ0n) is 8.40. The van der Waals surface area contributed by atoms with Crippen molar-refractivity contribution in [2.24, 2.45) is 0 Å². The van der Waals surface area contributed by atoms with Gasteiger partial charge in [-0.3, -0.25) is 15.1 Å². The largest absolute Gasteiger partial charge is 0.298 e. The number of anilines is 1. The van der Waals surface area contributed by atoms with Crippen LogP contribution in [0.1, 0.15) is 15.9 Å². The van der Waals surface area contributed by atoms with Crippen LogP contribution in [0.2, 0.25) is 0 Å². The zero-order valence-corrected chi connectivity index (χ0v) is 10.8. The first-order valence-corrected chi connectivity index (χ1v) is 6.10. The van der Waals surface area contributed by atoms with Gasteiger partial charge in [0.2, 0.25) is 0 Å². The molecule has 2 aromatic rings. The number of thiazole rings is 1. The fourth-order valence-electron chi connectivity index (χ4n) is 1.16. The molecule has 0 aromatic carbocycles. The van der Waals surface area contributed by atoms with Crippen LogP contribution in [0.25, 0.3) is 0 Å². The van der Waals surface area contributed by atoms with Gasteiger partial charge in [-0.1, -0.05) is 11.3 Å². The number of pyridine rings is 1. The third kappa shape index (κ3) is 2.65. The second-order valence-corrected chi connectivity index (χ2v) is 5.58. The molecule has 0 saturated carbocycles. The molecule has 0 saturated heterocycles. The summed E-state index contributed by atoms with van der Waals surface area (Å²) in [6.07, 6.45) is 4.89. The van der Waals surface area contributed by atoms with Crippen LogP contribution in [0.3, 0.4) is 0 Å². The van der Waals surface area contributed by atoms with Gasteiger partial charge < -0.3 is 0 Å². The van der Waals surface area contributed by atoms with Crippen molar-refractivity contribution in [1.29, 1.82) is 0 Å². The smallest absolute Gasteiger partial charge is 0.259 e. The lowest BCUT2D eigenvalue weighted by molar-refractivity contribution is 0.102. The van der Waals surface area contributed by atoms with Gasteiger partial charge >= 0.3 is 0 Å². The highest BCUT2D eigenvalue weighted by atomic mass is 79.9. The van der Waals surface area contributed by atoms with E-state index in [2.05, 4.69) is 31.2 Å². The summed E-state index contributed by atoms with van der Waals surface area (Å²) in [6, 6.07) is 1.78. The molecule has 0 bridgehead atoms. The van der Waals surface area contributed by atoms with Crippen LogP contribution in [-0.2, 0) is 0 Å². The maximum atomic E-state index is 11.8. The van der Waals surface area contributed by atoms with E-state index >= 15 is 0 Å². The molecule has 16 heavy (non-hydrogen) atoms. The summed E-state index contributed by atoms with van der Waals surface area (Å²) in [5.74, 6) is -0.196. The summed E-state index contributed by atoms with van der Waals surface area (Å²) >= 11 is 4.65. The molecule has 0 unspecified atom stereocenters. The first-order valence-electron chi connectivity index (χ1n) is 4.49. The van der Waals surface area contributed by atoms with Gasteiger partial charge in [0.25, 0.3) is 5.91 Å². The summed E-state index contributed by atoms with van der Waals surface area (Å²) in [6.45, 7) is 1.89. The number of aryl methyl sites for hydroxylation is 1. The van der Waals surface area contributed by atoms with Gasteiger partial charge in [-0.05, 0) is 34.5 Å². The molecular formula is C10H8BrN3OS. The second kappa shape index (κ2) is 4.71. The molecule has 2 rings (SSSR count). The molecule has 6 heteroatoms. The van der Waals surface area contributed by atoms with Crippen molar-refractivity contribution in [2.75, 3.05) is 5.32 Å². The average Bonchev–Trinajstić information content (AvgIpc) is 2.64. The number of rotatable bonds is 2. The lowest BCUT2D eigenvalue weighted by Crippen LogP contribution is -2.12. The lowest BCUT2D eigenvalue weighted by Gasteiger charge is -2.01. The Hall–Kier alpha value is -1.27. The third-order valence-corrected chi connectivity index (χ3v) is 3.23. The van der Waals surface area contributed by atoms with Crippen molar-refractivity contribution in [3.8, 4) is 0 Å². The molecule has 2 heterocycles. The van der Waals surface area contributed by atoms with Crippen molar-refractivity contribution in [3.05, 3.63) is 39.6 Å². The minimum absolute atomic E-state index is 0.196. The monoisotopic (exact) mass is 297 g/mol. The SMILES string of the molecule is Cc1cncc(C(=O)Nc2ncc(Br)s2)c1. The van der Waals surface area contributed by atoms with E-state index in [1.54, 1.807) is 18.5 Å². The molecule has 0 aliphatic rings. The minimum Gasteiger partial charge on any atom is -0.298 e. The van der Waals surface area contributed by atoms with Gasteiger partial charge in [-0.2, -0.15) is 0 Å². The Morgan fingerprint density at radius 3 is 2.88 bits per heavy atom.